The number of guanidine groups is 1. The van der Waals surface area contributed by atoms with Crippen LogP contribution in [0.2, 0.25) is 0 Å². The van der Waals surface area contributed by atoms with Gasteiger partial charge in [-0.25, -0.2) is 9.98 Å². The van der Waals surface area contributed by atoms with Gasteiger partial charge in [0.1, 0.15) is 5.01 Å². The average molecular weight is 493 g/mol. The van der Waals surface area contributed by atoms with Gasteiger partial charge in [0.15, 0.2) is 5.96 Å². The first kappa shape index (κ1) is 23.1. The van der Waals surface area contributed by atoms with E-state index in [1.54, 1.807) is 11.3 Å². The van der Waals surface area contributed by atoms with E-state index < -0.39 is 0 Å². The number of nitrogens with one attached hydrogen (secondary N) is 3. The van der Waals surface area contributed by atoms with Gasteiger partial charge in [-0.3, -0.25) is 4.79 Å². The van der Waals surface area contributed by atoms with E-state index in [9.17, 15) is 4.79 Å². The molecule has 1 saturated carbocycles. The van der Waals surface area contributed by atoms with E-state index in [2.05, 4.69) is 45.2 Å². The molecule has 0 aliphatic heterocycles. The van der Waals surface area contributed by atoms with Gasteiger partial charge in [0.2, 0.25) is 5.91 Å². The van der Waals surface area contributed by atoms with E-state index in [0.717, 1.165) is 36.0 Å². The topological polar surface area (TPSA) is 78.4 Å². The zero-order valence-corrected chi connectivity index (χ0v) is 19.2. The summed E-state index contributed by atoms with van der Waals surface area (Å²) in [5.41, 5.74) is 1.12. The second kappa shape index (κ2) is 12.5. The van der Waals surface area contributed by atoms with Crippen molar-refractivity contribution in [1.29, 1.82) is 0 Å². The number of thiazole rings is 1. The maximum atomic E-state index is 12.0. The van der Waals surface area contributed by atoms with Crippen LogP contribution in [0.1, 0.15) is 69.5 Å². The first-order chi connectivity index (χ1) is 12.1. The van der Waals surface area contributed by atoms with Crippen LogP contribution in [-0.2, 0) is 11.3 Å². The molecule has 0 radical (unpaired) electrons. The molecule has 1 aromatic rings. The first-order valence-corrected chi connectivity index (χ1v) is 10.2. The molecule has 0 spiro atoms. The Hall–Kier alpha value is -0.900. The van der Waals surface area contributed by atoms with E-state index in [-0.39, 0.29) is 29.9 Å². The molecule has 0 saturated heterocycles. The van der Waals surface area contributed by atoms with Crippen LogP contribution in [0.4, 0.5) is 0 Å². The Bertz CT molecular complexity index is 570. The Labute approximate surface area is 178 Å². The number of carbonyl (C=O) groups is 1. The third-order valence-electron chi connectivity index (χ3n) is 4.24. The van der Waals surface area contributed by atoms with Gasteiger partial charge in [0.25, 0.3) is 0 Å². The standard InChI is InChI=1S/C18H31N5OS.HI/c1-4-19-18(21-11-17-23-15(12-25-17)13(2)3)20-10-9-16(24)22-14-7-5-6-8-14;/h12-14H,4-11H2,1-3H3,(H,22,24)(H2,19,20,21);1H. The van der Waals surface area contributed by atoms with Crippen LogP contribution in [0, 0.1) is 0 Å². The van der Waals surface area contributed by atoms with Crippen LogP contribution in [0.3, 0.4) is 0 Å². The molecule has 1 aliphatic carbocycles. The summed E-state index contributed by atoms with van der Waals surface area (Å²) in [5, 5.41) is 12.7. The molecule has 6 nitrogen and oxygen atoms in total. The molecular formula is C18H32IN5OS. The predicted octanol–water partition coefficient (Wildman–Crippen LogP) is 3.39. The van der Waals surface area contributed by atoms with Crippen LogP contribution in [0.15, 0.2) is 10.4 Å². The fourth-order valence-electron chi connectivity index (χ4n) is 2.82. The zero-order chi connectivity index (χ0) is 18.1. The summed E-state index contributed by atoms with van der Waals surface area (Å²) in [6, 6.07) is 0.384. The molecule has 26 heavy (non-hydrogen) atoms. The lowest BCUT2D eigenvalue weighted by Crippen LogP contribution is -2.40. The number of halogens is 1. The molecule has 0 bridgehead atoms. The van der Waals surface area contributed by atoms with Crippen molar-refractivity contribution < 1.29 is 4.79 Å². The Morgan fingerprint density at radius 1 is 1.35 bits per heavy atom. The fraction of sp³-hybridized carbons (Fsp3) is 0.722. The Morgan fingerprint density at radius 2 is 2.08 bits per heavy atom. The molecule has 1 aromatic heterocycles. The number of carbonyl (C=O) groups excluding carboxylic acids is 1. The Morgan fingerprint density at radius 3 is 2.69 bits per heavy atom. The number of nitrogens with zero attached hydrogens (tertiary/aromatic N) is 2. The average Bonchev–Trinajstić information content (AvgIpc) is 3.24. The van der Waals surface area contributed by atoms with Crippen molar-refractivity contribution in [3.05, 3.63) is 16.1 Å². The highest BCUT2D eigenvalue weighted by atomic mass is 127. The van der Waals surface area contributed by atoms with Crippen LogP contribution in [0.25, 0.3) is 0 Å². The minimum atomic E-state index is 0. The summed E-state index contributed by atoms with van der Waals surface area (Å²) < 4.78 is 0. The zero-order valence-electron chi connectivity index (χ0n) is 16.0. The van der Waals surface area contributed by atoms with E-state index >= 15 is 0 Å². The van der Waals surface area contributed by atoms with Crippen molar-refractivity contribution >= 4 is 47.2 Å². The first-order valence-electron chi connectivity index (χ1n) is 9.34. The van der Waals surface area contributed by atoms with Crippen molar-refractivity contribution in [2.24, 2.45) is 4.99 Å². The third-order valence-corrected chi connectivity index (χ3v) is 5.09. The molecule has 0 aromatic carbocycles. The lowest BCUT2D eigenvalue weighted by atomic mass is 10.2. The van der Waals surface area contributed by atoms with Gasteiger partial charge in [-0.1, -0.05) is 26.7 Å². The largest absolute Gasteiger partial charge is 0.357 e. The number of amides is 1. The van der Waals surface area contributed by atoms with E-state index in [0.29, 0.717) is 31.5 Å². The minimum absolute atomic E-state index is 0. The number of hydrogen-bond donors (Lipinski definition) is 3. The molecule has 1 heterocycles. The van der Waals surface area contributed by atoms with Gasteiger partial charge >= 0.3 is 0 Å². The highest BCUT2D eigenvalue weighted by molar-refractivity contribution is 14.0. The monoisotopic (exact) mass is 493 g/mol. The van der Waals surface area contributed by atoms with Gasteiger partial charge < -0.3 is 16.0 Å². The van der Waals surface area contributed by atoms with Crippen molar-refractivity contribution in [2.75, 3.05) is 13.1 Å². The van der Waals surface area contributed by atoms with Crippen LogP contribution in [-0.4, -0.2) is 36.0 Å². The predicted molar refractivity (Wildman–Crippen MR) is 119 cm³/mol. The van der Waals surface area contributed by atoms with E-state index in [1.807, 2.05) is 6.92 Å². The second-order valence-electron chi connectivity index (χ2n) is 6.74. The van der Waals surface area contributed by atoms with Gasteiger partial charge in [0, 0.05) is 30.9 Å². The van der Waals surface area contributed by atoms with Crippen molar-refractivity contribution in [3.63, 3.8) is 0 Å². The lowest BCUT2D eigenvalue weighted by Gasteiger charge is -2.13. The Balaban J connectivity index is 0.00000338. The van der Waals surface area contributed by atoms with Gasteiger partial charge in [-0.05, 0) is 25.7 Å². The number of hydrogen-bond acceptors (Lipinski definition) is 4. The molecule has 1 aliphatic rings. The summed E-state index contributed by atoms with van der Waals surface area (Å²) in [5.74, 6) is 1.30. The third kappa shape index (κ3) is 8.20. The highest BCUT2D eigenvalue weighted by Gasteiger charge is 2.16. The normalized spacial score (nSPS) is 15.0. The molecule has 2 rings (SSSR count). The van der Waals surface area contributed by atoms with Gasteiger partial charge in [-0.15, -0.1) is 35.3 Å². The van der Waals surface area contributed by atoms with Crippen LogP contribution in [0.5, 0.6) is 0 Å². The molecule has 0 atom stereocenters. The maximum absolute atomic E-state index is 12.0. The maximum Gasteiger partial charge on any atom is 0.221 e. The molecule has 148 valence electrons. The quantitative estimate of drug-likeness (QED) is 0.295. The number of aliphatic imine (C=N–C) groups is 1. The fourth-order valence-corrected chi connectivity index (χ4v) is 3.69. The summed E-state index contributed by atoms with van der Waals surface area (Å²) in [4.78, 5) is 21.1. The molecule has 1 amide bonds. The highest BCUT2D eigenvalue weighted by Crippen LogP contribution is 2.18. The SMILES string of the molecule is CCNC(=NCc1nc(C(C)C)cs1)NCCC(=O)NC1CCCC1.I. The minimum Gasteiger partial charge on any atom is -0.357 e. The second-order valence-corrected chi connectivity index (χ2v) is 7.68. The number of rotatable bonds is 8. The number of aromatic nitrogens is 1. The summed E-state index contributed by atoms with van der Waals surface area (Å²) in [6.45, 7) is 8.24. The summed E-state index contributed by atoms with van der Waals surface area (Å²) in [6.07, 6.45) is 5.17. The van der Waals surface area contributed by atoms with Crippen molar-refractivity contribution in [1.82, 2.24) is 20.9 Å². The van der Waals surface area contributed by atoms with Crippen LogP contribution < -0.4 is 16.0 Å². The van der Waals surface area contributed by atoms with Crippen LogP contribution >= 0.6 is 35.3 Å². The van der Waals surface area contributed by atoms with Crippen molar-refractivity contribution in [2.45, 2.75) is 71.4 Å². The molecule has 8 heteroatoms. The Kier molecular flexibility index (Phi) is 11.1. The lowest BCUT2D eigenvalue weighted by molar-refractivity contribution is -0.121. The van der Waals surface area contributed by atoms with E-state index in [4.69, 9.17) is 0 Å². The van der Waals surface area contributed by atoms with Crippen molar-refractivity contribution in [3.8, 4) is 0 Å². The van der Waals surface area contributed by atoms with E-state index in [1.165, 1.54) is 12.8 Å². The summed E-state index contributed by atoms with van der Waals surface area (Å²) >= 11 is 1.65. The van der Waals surface area contributed by atoms with Gasteiger partial charge in [0.05, 0.1) is 12.2 Å². The molecule has 1 fully saturated rings. The molecule has 0 unspecified atom stereocenters. The molecular weight excluding hydrogens is 461 g/mol. The van der Waals surface area contributed by atoms with Gasteiger partial charge in [-0.2, -0.15) is 0 Å². The molecule has 3 N–H and O–H groups in total. The summed E-state index contributed by atoms with van der Waals surface area (Å²) in [7, 11) is 0. The smallest absolute Gasteiger partial charge is 0.221 e.